The molecule has 2 heteroatoms. The number of nitrogens with one attached hydrogen (secondary N) is 1. The minimum Gasteiger partial charge on any atom is -0.467 e. The molecule has 1 unspecified atom stereocenters. The topological polar surface area (TPSA) is 25.2 Å². The second-order valence-electron chi connectivity index (χ2n) is 4.43. The van der Waals surface area contributed by atoms with E-state index in [0.717, 1.165) is 12.3 Å². The van der Waals surface area contributed by atoms with Crippen LogP contribution in [-0.2, 0) is 0 Å². The van der Waals surface area contributed by atoms with Crippen LogP contribution in [0.25, 0.3) is 0 Å². The van der Waals surface area contributed by atoms with Gasteiger partial charge in [-0.3, -0.25) is 0 Å². The summed E-state index contributed by atoms with van der Waals surface area (Å²) < 4.78 is 5.57. The highest BCUT2D eigenvalue weighted by Crippen LogP contribution is 2.23. The van der Waals surface area contributed by atoms with Crippen LogP contribution in [0.4, 0.5) is 0 Å². The predicted molar refractivity (Wildman–Crippen MR) is 68.6 cm³/mol. The molecule has 1 heterocycles. The van der Waals surface area contributed by atoms with Gasteiger partial charge in [0, 0.05) is 0 Å². The minimum atomic E-state index is 0.400. The molecule has 0 radical (unpaired) electrons. The van der Waals surface area contributed by atoms with Crippen LogP contribution in [0.3, 0.4) is 0 Å². The van der Waals surface area contributed by atoms with Crippen molar-refractivity contribution in [3.05, 3.63) is 23.7 Å². The Morgan fingerprint density at radius 3 is 2.62 bits per heavy atom. The highest BCUT2D eigenvalue weighted by molar-refractivity contribution is 5.18. The number of hydrogen-bond acceptors (Lipinski definition) is 2. The van der Waals surface area contributed by atoms with Gasteiger partial charge < -0.3 is 9.73 Å². The Labute approximate surface area is 99.4 Å². The van der Waals surface area contributed by atoms with Crippen molar-refractivity contribution in [2.75, 3.05) is 6.54 Å². The zero-order chi connectivity index (χ0) is 11.8. The molecule has 0 aromatic carbocycles. The van der Waals surface area contributed by atoms with E-state index in [4.69, 9.17) is 4.42 Å². The van der Waals surface area contributed by atoms with Gasteiger partial charge in [0.1, 0.15) is 5.76 Å². The van der Waals surface area contributed by atoms with Gasteiger partial charge in [-0.25, -0.2) is 0 Å². The lowest BCUT2D eigenvalue weighted by atomic mass is 10.0. The van der Waals surface area contributed by atoms with Gasteiger partial charge in [0.05, 0.1) is 12.3 Å². The van der Waals surface area contributed by atoms with Crippen molar-refractivity contribution >= 4 is 0 Å². The molecule has 0 fully saturated rings. The summed E-state index contributed by atoms with van der Waals surface area (Å²) in [5, 5.41) is 3.51. The number of aryl methyl sites for hydroxylation is 1. The smallest absolute Gasteiger partial charge is 0.123 e. The number of rotatable bonds is 8. The first-order valence-corrected chi connectivity index (χ1v) is 6.57. The van der Waals surface area contributed by atoms with E-state index in [1.54, 1.807) is 6.26 Å². The average molecular weight is 223 g/mol. The maximum Gasteiger partial charge on any atom is 0.123 e. The van der Waals surface area contributed by atoms with Crippen molar-refractivity contribution in [2.45, 2.75) is 58.9 Å². The van der Waals surface area contributed by atoms with Crippen LogP contribution < -0.4 is 5.32 Å². The van der Waals surface area contributed by atoms with Gasteiger partial charge in [-0.2, -0.15) is 0 Å². The molecule has 0 saturated carbocycles. The second kappa shape index (κ2) is 7.50. The van der Waals surface area contributed by atoms with Gasteiger partial charge in [0.2, 0.25) is 0 Å². The molecule has 92 valence electrons. The van der Waals surface area contributed by atoms with Crippen LogP contribution in [0.5, 0.6) is 0 Å². The first kappa shape index (κ1) is 13.3. The van der Waals surface area contributed by atoms with E-state index in [9.17, 15) is 0 Å². The predicted octanol–water partition coefficient (Wildman–Crippen LogP) is 4.21. The van der Waals surface area contributed by atoms with E-state index in [1.165, 1.54) is 37.7 Å². The average Bonchev–Trinajstić information content (AvgIpc) is 2.69. The molecular weight excluding hydrogens is 198 g/mol. The molecule has 0 amide bonds. The lowest BCUT2D eigenvalue weighted by Crippen LogP contribution is -2.21. The third-order valence-electron chi connectivity index (χ3n) is 3.02. The van der Waals surface area contributed by atoms with E-state index in [0.29, 0.717) is 6.04 Å². The summed E-state index contributed by atoms with van der Waals surface area (Å²) in [4.78, 5) is 0. The maximum absolute atomic E-state index is 5.57. The first-order valence-electron chi connectivity index (χ1n) is 6.57. The summed E-state index contributed by atoms with van der Waals surface area (Å²) in [5.74, 6) is 1.12. The zero-order valence-corrected chi connectivity index (χ0v) is 10.9. The molecular formula is C14H25NO. The third-order valence-corrected chi connectivity index (χ3v) is 3.02. The fraction of sp³-hybridized carbons (Fsp3) is 0.714. The van der Waals surface area contributed by atoms with Gasteiger partial charge in [0.15, 0.2) is 0 Å². The zero-order valence-electron chi connectivity index (χ0n) is 10.9. The van der Waals surface area contributed by atoms with Crippen LogP contribution in [0.1, 0.15) is 63.3 Å². The Balaban J connectivity index is 2.45. The largest absolute Gasteiger partial charge is 0.467 e. The Bertz CT molecular complexity index is 280. The Hall–Kier alpha value is -0.760. The summed E-state index contributed by atoms with van der Waals surface area (Å²) in [5.41, 5.74) is 1.27. The SMILES string of the molecule is CCCCCCC(NCC)c1occc1C. The number of furan rings is 1. The summed E-state index contributed by atoms with van der Waals surface area (Å²) in [6.07, 6.45) is 8.23. The second-order valence-corrected chi connectivity index (χ2v) is 4.43. The molecule has 0 aliphatic carbocycles. The minimum absolute atomic E-state index is 0.400. The van der Waals surface area contributed by atoms with Crippen molar-refractivity contribution in [3.8, 4) is 0 Å². The van der Waals surface area contributed by atoms with E-state index >= 15 is 0 Å². The molecule has 0 spiro atoms. The molecule has 0 aliphatic heterocycles. The highest BCUT2D eigenvalue weighted by atomic mass is 16.3. The summed E-state index contributed by atoms with van der Waals surface area (Å²) in [7, 11) is 0. The summed E-state index contributed by atoms with van der Waals surface area (Å²) in [6, 6.07) is 2.45. The van der Waals surface area contributed by atoms with Crippen LogP contribution in [0, 0.1) is 6.92 Å². The van der Waals surface area contributed by atoms with E-state index in [1.807, 2.05) is 6.07 Å². The molecule has 1 aromatic heterocycles. The van der Waals surface area contributed by atoms with Gasteiger partial charge in [0.25, 0.3) is 0 Å². The molecule has 1 N–H and O–H groups in total. The fourth-order valence-electron chi connectivity index (χ4n) is 2.09. The monoisotopic (exact) mass is 223 g/mol. The standard InChI is InChI=1S/C14H25NO/c1-4-6-7-8-9-13(15-5-2)14-12(3)10-11-16-14/h10-11,13,15H,4-9H2,1-3H3. The van der Waals surface area contributed by atoms with Crippen LogP contribution in [-0.4, -0.2) is 6.54 Å². The quantitative estimate of drug-likeness (QED) is 0.668. The third kappa shape index (κ3) is 4.01. The van der Waals surface area contributed by atoms with Crippen molar-refractivity contribution < 1.29 is 4.42 Å². The Morgan fingerprint density at radius 1 is 1.25 bits per heavy atom. The van der Waals surface area contributed by atoms with Crippen LogP contribution in [0.2, 0.25) is 0 Å². The molecule has 1 aromatic rings. The van der Waals surface area contributed by atoms with Gasteiger partial charge >= 0.3 is 0 Å². The molecule has 0 bridgehead atoms. The number of unbranched alkanes of at least 4 members (excludes halogenated alkanes) is 3. The molecule has 16 heavy (non-hydrogen) atoms. The number of hydrogen-bond donors (Lipinski definition) is 1. The molecule has 0 saturated heterocycles. The van der Waals surface area contributed by atoms with Gasteiger partial charge in [-0.1, -0.05) is 39.5 Å². The molecule has 1 atom stereocenters. The normalized spacial score (nSPS) is 12.9. The molecule has 0 aliphatic rings. The van der Waals surface area contributed by atoms with Crippen molar-refractivity contribution in [1.29, 1.82) is 0 Å². The van der Waals surface area contributed by atoms with E-state index < -0.39 is 0 Å². The van der Waals surface area contributed by atoms with Crippen molar-refractivity contribution in [2.24, 2.45) is 0 Å². The highest BCUT2D eigenvalue weighted by Gasteiger charge is 2.15. The van der Waals surface area contributed by atoms with Gasteiger partial charge in [-0.15, -0.1) is 0 Å². The van der Waals surface area contributed by atoms with Crippen molar-refractivity contribution in [1.82, 2.24) is 5.32 Å². The Morgan fingerprint density at radius 2 is 2.06 bits per heavy atom. The maximum atomic E-state index is 5.57. The summed E-state index contributed by atoms with van der Waals surface area (Å²) in [6.45, 7) is 7.52. The van der Waals surface area contributed by atoms with Crippen LogP contribution in [0.15, 0.2) is 16.7 Å². The van der Waals surface area contributed by atoms with Crippen LogP contribution >= 0.6 is 0 Å². The van der Waals surface area contributed by atoms with Gasteiger partial charge in [-0.05, 0) is 31.5 Å². The summed E-state index contributed by atoms with van der Waals surface area (Å²) >= 11 is 0. The Kier molecular flexibility index (Phi) is 6.24. The first-order chi connectivity index (χ1) is 7.79. The fourth-order valence-corrected chi connectivity index (χ4v) is 2.09. The van der Waals surface area contributed by atoms with E-state index in [-0.39, 0.29) is 0 Å². The lowest BCUT2D eigenvalue weighted by molar-refractivity contribution is 0.387. The molecule has 1 rings (SSSR count). The molecule has 2 nitrogen and oxygen atoms in total. The van der Waals surface area contributed by atoms with Crippen molar-refractivity contribution in [3.63, 3.8) is 0 Å². The van der Waals surface area contributed by atoms with E-state index in [2.05, 4.69) is 26.1 Å². The lowest BCUT2D eigenvalue weighted by Gasteiger charge is -2.16.